The number of carbonyl (C=O) groups excluding carboxylic acids is 1. The maximum atomic E-state index is 12.1. The molecule has 1 saturated heterocycles. The minimum Gasteiger partial charge on any atom is -0.372 e. The van der Waals surface area contributed by atoms with E-state index >= 15 is 0 Å². The topological polar surface area (TPSA) is 32.3 Å². The lowest BCUT2D eigenvalue weighted by Crippen LogP contribution is -2.25. The van der Waals surface area contributed by atoms with Crippen LogP contribution in [0.3, 0.4) is 0 Å². The van der Waals surface area contributed by atoms with Crippen LogP contribution >= 0.6 is 0 Å². The van der Waals surface area contributed by atoms with Gasteiger partial charge in [-0.3, -0.25) is 4.79 Å². The first-order valence-corrected chi connectivity index (χ1v) is 8.97. The molecule has 24 heavy (non-hydrogen) atoms. The molecule has 1 amide bonds. The fraction of sp³-hybridized carbons (Fsp3) is 0.381. The van der Waals surface area contributed by atoms with E-state index in [1.807, 2.05) is 24.3 Å². The molecule has 2 aromatic carbocycles. The van der Waals surface area contributed by atoms with E-state index < -0.39 is 0 Å². The van der Waals surface area contributed by atoms with Gasteiger partial charge in [-0.05, 0) is 61.1 Å². The first-order chi connectivity index (χ1) is 11.8. The highest BCUT2D eigenvalue weighted by atomic mass is 16.1. The molecule has 1 aliphatic rings. The lowest BCUT2D eigenvalue weighted by Gasteiger charge is -2.17. The van der Waals surface area contributed by atoms with Crippen molar-refractivity contribution in [2.75, 3.05) is 24.5 Å². The highest BCUT2D eigenvalue weighted by molar-refractivity contribution is 5.94. The van der Waals surface area contributed by atoms with Crippen LogP contribution in [0.15, 0.2) is 48.5 Å². The number of nitrogens with one attached hydrogen (secondary N) is 1. The number of aryl methyl sites for hydroxylation is 1. The van der Waals surface area contributed by atoms with Gasteiger partial charge in [0.25, 0.3) is 5.91 Å². The molecular formula is C21H26N2O. The predicted octanol–water partition coefficient (Wildman–Crippen LogP) is 3.82. The molecule has 0 bridgehead atoms. The average Bonchev–Trinajstić information content (AvgIpc) is 3.17. The second-order valence-electron chi connectivity index (χ2n) is 6.42. The number of nitrogens with zero attached hydrogens (tertiary/aromatic N) is 1. The van der Waals surface area contributed by atoms with E-state index in [1.165, 1.54) is 42.7 Å². The number of amides is 1. The van der Waals surface area contributed by atoms with Crippen LogP contribution in [0.1, 0.15) is 41.3 Å². The van der Waals surface area contributed by atoms with Crippen LogP contribution in [-0.4, -0.2) is 25.5 Å². The van der Waals surface area contributed by atoms with E-state index in [-0.39, 0.29) is 5.91 Å². The number of hydrogen-bond donors (Lipinski definition) is 1. The van der Waals surface area contributed by atoms with Crippen LogP contribution in [0.4, 0.5) is 5.69 Å². The summed E-state index contributed by atoms with van der Waals surface area (Å²) in [4.78, 5) is 14.6. The van der Waals surface area contributed by atoms with Crippen LogP contribution in [0.25, 0.3) is 0 Å². The molecule has 0 saturated carbocycles. The lowest BCUT2D eigenvalue weighted by atomic mass is 10.1. The van der Waals surface area contributed by atoms with Crippen molar-refractivity contribution < 1.29 is 4.79 Å². The molecule has 1 N–H and O–H groups in total. The Morgan fingerprint density at radius 3 is 2.21 bits per heavy atom. The molecule has 0 spiro atoms. The SMILES string of the molecule is CCc1ccc(C(=O)NCCc2ccc(N3CCCC3)cc2)cc1. The zero-order chi connectivity index (χ0) is 16.8. The maximum absolute atomic E-state index is 12.1. The van der Waals surface area contributed by atoms with Gasteiger partial charge in [0.15, 0.2) is 0 Å². The minimum absolute atomic E-state index is 0.00587. The molecule has 0 aliphatic carbocycles. The standard InChI is InChI=1S/C21H26N2O/c1-2-17-5-9-19(10-6-17)21(24)22-14-13-18-7-11-20(12-8-18)23-15-3-4-16-23/h5-12H,2-4,13-16H2,1H3,(H,22,24). The monoisotopic (exact) mass is 322 g/mol. The second-order valence-corrected chi connectivity index (χ2v) is 6.42. The van der Waals surface area contributed by atoms with Gasteiger partial charge >= 0.3 is 0 Å². The molecule has 2 aromatic rings. The van der Waals surface area contributed by atoms with Crippen molar-refractivity contribution in [1.29, 1.82) is 0 Å². The Morgan fingerprint density at radius 1 is 0.958 bits per heavy atom. The van der Waals surface area contributed by atoms with Gasteiger partial charge in [0.05, 0.1) is 0 Å². The number of benzene rings is 2. The van der Waals surface area contributed by atoms with Crippen LogP contribution in [0, 0.1) is 0 Å². The maximum Gasteiger partial charge on any atom is 0.251 e. The van der Waals surface area contributed by atoms with E-state index in [1.54, 1.807) is 0 Å². The molecule has 0 atom stereocenters. The Hall–Kier alpha value is -2.29. The first-order valence-electron chi connectivity index (χ1n) is 8.97. The van der Waals surface area contributed by atoms with Crippen molar-refractivity contribution >= 4 is 11.6 Å². The van der Waals surface area contributed by atoms with Crippen molar-refractivity contribution in [2.24, 2.45) is 0 Å². The summed E-state index contributed by atoms with van der Waals surface area (Å²) in [5.41, 5.74) is 4.57. The Kier molecular flexibility index (Phi) is 5.52. The zero-order valence-corrected chi connectivity index (χ0v) is 14.4. The van der Waals surface area contributed by atoms with E-state index in [2.05, 4.69) is 41.4 Å². The molecule has 0 aromatic heterocycles. The van der Waals surface area contributed by atoms with Crippen molar-refractivity contribution in [3.8, 4) is 0 Å². The van der Waals surface area contributed by atoms with Crippen molar-refractivity contribution in [3.63, 3.8) is 0 Å². The molecule has 1 fully saturated rings. The summed E-state index contributed by atoms with van der Waals surface area (Å²) in [5.74, 6) is 0.00587. The normalized spacial score (nSPS) is 14.0. The van der Waals surface area contributed by atoms with Crippen molar-refractivity contribution in [2.45, 2.75) is 32.6 Å². The Morgan fingerprint density at radius 2 is 1.58 bits per heavy atom. The van der Waals surface area contributed by atoms with E-state index in [9.17, 15) is 4.79 Å². The molecule has 126 valence electrons. The van der Waals surface area contributed by atoms with Gasteiger partial charge in [0, 0.05) is 30.9 Å². The van der Waals surface area contributed by atoms with E-state index in [0.29, 0.717) is 6.54 Å². The number of hydrogen-bond acceptors (Lipinski definition) is 2. The fourth-order valence-corrected chi connectivity index (χ4v) is 3.16. The quantitative estimate of drug-likeness (QED) is 0.877. The molecular weight excluding hydrogens is 296 g/mol. The van der Waals surface area contributed by atoms with Crippen LogP contribution in [-0.2, 0) is 12.8 Å². The van der Waals surface area contributed by atoms with Crippen molar-refractivity contribution in [3.05, 3.63) is 65.2 Å². The number of anilines is 1. The molecule has 0 radical (unpaired) electrons. The number of rotatable bonds is 6. The fourth-order valence-electron chi connectivity index (χ4n) is 3.16. The summed E-state index contributed by atoms with van der Waals surface area (Å²) in [6.45, 7) is 5.12. The summed E-state index contributed by atoms with van der Waals surface area (Å²) in [6, 6.07) is 16.6. The molecule has 1 aliphatic heterocycles. The van der Waals surface area contributed by atoms with Gasteiger partial charge in [0.1, 0.15) is 0 Å². The smallest absolute Gasteiger partial charge is 0.251 e. The summed E-state index contributed by atoms with van der Waals surface area (Å²) in [5, 5.41) is 3.01. The first kappa shape index (κ1) is 16.6. The molecule has 3 rings (SSSR count). The lowest BCUT2D eigenvalue weighted by molar-refractivity contribution is 0.0954. The minimum atomic E-state index is 0.00587. The van der Waals surface area contributed by atoms with Crippen LogP contribution < -0.4 is 10.2 Å². The van der Waals surface area contributed by atoms with E-state index in [4.69, 9.17) is 0 Å². The molecule has 1 heterocycles. The highest BCUT2D eigenvalue weighted by Crippen LogP contribution is 2.20. The Balaban J connectivity index is 1.47. The summed E-state index contributed by atoms with van der Waals surface area (Å²) < 4.78 is 0. The van der Waals surface area contributed by atoms with Gasteiger partial charge in [-0.2, -0.15) is 0 Å². The van der Waals surface area contributed by atoms with Gasteiger partial charge in [-0.1, -0.05) is 31.2 Å². The van der Waals surface area contributed by atoms with Gasteiger partial charge in [-0.15, -0.1) is 0 Å². The summed E-state index contributed by atoms with van der Waals surface area (Å²) in [6.07, 6.45) is 4.45. The second kappa shape index (κ2) is 8.00. The highest BCUT2D eigenvalue weighted by Gasteiger charge is 2.11. The Labute approximate surface area is 144 Å². The average molecular weight is 322 g/mol. The van der Waals surface area contributed by atoms with Gasteiger partial charge < -0.3 is 10.2 Å². The molecule has 0 unspecified atom stereocenters. The zero-order valence-electron chi connectivity index (χ0n) is 14.4. The third kappa shape index (κ3) is 4.16. The largest absolute Gasteiger partial charge is 0.372 e. The van der Waals surface area contributed by atoms with Crippen LogP contribution in [0.2, 0.25) is 0 Å². The molecule has 3 heteroatoms. The third-order valence-corrected chi connectivity index (χ3v) is 4.73. The van der Waals surface area contributed by atoms with Crippen LogP contribution in [0.5, 0.6) is 0 Å². The third-order valence-electron chi connectivity index (χ3n) is 4.73. The Bertz CT molecular complexity index is 655. The van der Waals surface area contributed by atoms with Gasteiger partial charge in [0.2, 0.25) is 0 Å². The van der Waals surface area contributed by atoms with E-state index in [0.717, 1.165) is 18.4 Å². The van der Waals surface area contributed by atoms with Gasteiger partial charge in [-0.25, -0.2) is 0 Å². The van der Waals surface area contributed by atoms with Crippen molar-refractivity contribution in [1.82, 2.24) is 5.32 Å². The summed E-state index contributed by atoms with van der Waals surface area (Å²) >= 11 is 0. The number of carbonyl (C=O) groups is 1. The molecule has 3 nitrogen and oxygen atoms in total. The summed E-state index contributed by atoms with van der Waals surface area (Å²) in [7, 11) is 0. The predicted molar refractivity (Wildman–Crippen MR) is 99.7 cm³/mol.